The van der Waals surface area contributed by atoms with Crippen molar-refractivity contribution in [1.29, 1.82) is 0 Å². The lowest BCUT2D eigenvalue weighted by Crippen LogP contribution is -2.27. The van der Waals surface area contributed by atoms with Crippen molar-refractivity contribution in [2.24, 2.45) is 5.92 Å². The highest BCUT2D eigenvalue weighted by Gasteiger charge is 2.24. The lowest BCUT2D eigenvalue weighted by Gasteiger charge is -2.16. The van der Waals surface area contributed by atoms with Crippen LogP contribution in [0.15, 0.2) is 42.5 Å². The van der Waals surface area contributed by atoms with Gasteiger partial charge in [-0.2, -0.15) is 0 Å². The summed E-state index contributed by atoms with van der Waals surface area (Å²) in [6.45, 7) is 6.17. The molecule has 0 radical (unpaired) electrons. The van der Waals surface area contributed by atoms with Gasteiger partial charge in [-0.3, -0.25) is 14.4 Å². The van der Waals surface area contributed by atoms with E-state index in [-0.39, 0.29) is 23.6 Å². The highest BCUT2D eigenvalue weighted by Crippen LogP contribution is 2.29. The fourth-order valence-electron chi connectivity index (χ4n) is 3.12. The maximum Gasteiger partial charge on any atom is 0.255 e. The van der Waals surface area contributed by atoms with Gasteiger partial charge in [0.1, 0.15) is 0 Å². The molecule has 3 amide bonds. The summed E-state index contributed by atoms with van der Waals surface area (Å²) in [5.41, 5.74) is 3.81. The van der Waals surface area contributed by atoms with Gasteiger partial charge in [0.2, 0.25) is 11.8 Å². The zero-order valence-corrected chi connectivity index (χ0v) is 16.4. The van der Waals surface area contributed by atoms with Gasteiger partial charge < -0.3 is 15.5 Å². The Balaban J connectivity index is 1.67. The van der Waals surface area contributed by atoms with Crippen molar-refractivity contribution >= 4 is 34.8 Å². The molecular weight excluding hydrogens is 354 g/mol. The molecule has 6 heteroatoms. The summed E-state index contributed by atoms with van der Waals surface area (Å²) in [4.78, 5) is 38.1. The van der Waals surface area contributed by atoms with Crippen LogP contribution in [0, 0.1) is 5.92 Å². The maximum absolute atomic E-state index is 12.6. The lowest BCUT2D eigenvalue weighted by molar-refractivity contribution is -0.119. The van der Waals surface area contributed by atoms with Gasteiger partial charge in [-0.25, -0.2) is 0 Å². The van der Waals surface area contributed by atoms with E-state index in [2.05, 4.69) is 10.6 Å². The van der Waals surface area contributed by atoms with Crippen LogP contribution in [0.1, 0.15) is 43.1 Å². The number of rotatable bonds is 5. The second kappa shape index (κ2) is 8.25. The third-order valence-corrected chi connectivity index (χ3v) is 4.78. The Kier molecular flexibility index (Phi) is 5.78. The maximum atomic E-state index is 12.6. The van der Waals surface area contributed by atoms with Crippen LogP contribution in [0.4, 0.5) is 17.1 Å². The zero-order valence-electron chi connectivity index (χ0n) is 16.4. The van der Waals surface area contributed by atoms with E-state index >= 15 is 0 Å². The van der Waals surface area contributed by atoms with Gasteiger partial charge in [-0.1, -0.05) is 20.8 Å². The minimum absolute atomic E-state index is 0.0504. The van der Waals surface area contributed by atoms with Crippen LogP contribution >= 0.6 is 0 Å². The molecule has 0 unspecified atom stereocenters. The van der Waals surface area contributed by atoms with Gasteiger partial charge in [-0.05, 0) is 54.4 Å². The molecule has 6 nitrogen and oxygen atoms in total. The summed E-state index contributed by atoms with van der Waals surface area (Å²) >= 11 is 0. The molecular formula is C22H25N3O3. The fraction of sp³-hybridized carbons (Fsp3) is 0.318. The number of carbonyl (C=O) groups excluding carboxylic acids is 3. The number of nitrogens with one attached hydrogen (secondary N) is 2. The summed E-state index contributed by atoms with van der Waals surface area (Å²) in [6, 6.07) is 12.5. The Hall–Kier alpha value is -3.15. The average Bonchev–Trinajstić information content (AvgIpc) is 3.12. The van der Waals surface area contributed by atoms with E-state index in [1.165, 1.54) is 0 Å². The molecule has 28 heavy (non-hydrogen) atoms. The highest BCUT2D eigenvalue weighted by molar-refractivity contribution is 6.05. The van der Waals surface area contributed by atoms with Crippen molar-refractivity contribution in [2.75, 3.05) is 22.1 Å². The molecule has 0 spiro atoms. The van der Waals surface area contributed by atoms with Crippen molar-refractivity contribution in [1.82, 2.24) is 0 Å². The van der Waals surface area contributed by atoms with E-state index in [9.17, 15) is 14.4 Å². The van der Waals surface area contributed by atoms with Gasteiger partial charge in [0.05, 0.1) is 0 Å². The van der Waals surface area contributed by atoms with Gasteiger partial charge >= 0.3 is 0 Å². The summed E-state index contributed by atoms with van der Waals surface area (Å²) in [5.74, 6) is -0.254. The average molecular weight is 379 g/mol. The van der Waals surface area contributed by atoms with Gasteiger partial charge in [0, 0.05) is 41.5 Å². The zero-order chi connectivity index (χ0) is 20.3. The van der Waals surface area contributed by atoms with Gasteiger partial charge in [-0.15, -0.1) is 0 Å². The molecule has 2 aromatic rings. The molecule has 1 aliphatic rings. The first kappa shape index (κ1) is 19.6. The first-order chi connectivity index (χ1) is 13.4. The largest absolute Gasteiger partial charge is 0.326 e. The summed E-state index contributed by atoms with van der Waals surface area (Å²) < 4.78 is 0. The lowest BCUT2D eigenvalue weighted by atomic mass is 10.1. The smallest absolute Gasteiger partial charge is 0.255 e. The molecule has 0 saturated carbocycles. The molecule has 0 fully saturated rings. The second-order valence-electron chi connectivity index (χ2n) is 7.17. The van der Waals surface area contributed by atoms with Crippen LogP contribution in [0.2, 0.25) is 0 Å². The van der Waals surface area contributed by atoms with Crippen molar-refractivity contribution in [2.45, 2.75) is 33.6 Å². The quantitative estimate of drug-likeness (QED) is 0.829. The Morgan fingerprint density at radius 1 is 1.00 bits per heavy atom. The molecule has 0 aromatic heterocycles. The normalized spacial score (nSPS) is 12.6. The molecule has 0 bridgehead atoms. The SMILES string of the molecule is CCC(=O)N1CCc2cc(C(=O)Nc3ccc(NC(=O)C(C)C)cc3)ccc21. The number of benzene rings is 2. The number of hydrogen-bond acceptors (Lipinski definition) is 3. The van der Waals surface area contributed by atoms with Crippen LogP contribution in [0.25, 0.3) is 0 Å². The van der Waals surface area contributed by atoms with Crippen molar-refractivity contribution in [3.8, 4) is 0 Å². The topological polar surface area (TPSA) is 78.5 Å². The van der Waals surface area contributed by atoms with Gasteiger partial charge in [0.15, 0.2) is 0 Å². The summed E-state index contributed by atoms with van der Waals surface area (Å²) in [6.07, 6.45) is 1.22. The number of amides is 3. The molecule has 0 aliphatic carbocycles. The number of anilines is 3. The van der Waals surface area contributed by atoms with Crippen molar-refractivity contribution in [3.05, 3.63) is 53.6 Å². The van der Waals surface area contributed by atoms with Crippen LogP contribution in [0.3, 0.4) is 0 Å². The molecule has 146 valence electrons. The molecule has 1 heterocycles. The molecule has 1 aliphatic heterocycles. The third kappa shape index (κ3) is 4.22. The molecule has 2 N–H and O–H groups in total. The second-order valence-corrected chi connectivity index (χ2v) is 7.17. The Morgan fingerprint density at radius 2 is 1.64 bits per heavy atom. The number of fused-ring (bicyclic) bond motifs is 1. The Morgan fingerprint density at radius 3 is 2.25 bits per heavy atom. The van der Waals surface area contributed by atoms with E-state index in [0.29, 0.717) is 29.9 Å². The molecule has 3 rings (SSSR count). The van der Waals surface area contributed by atoms with Gasteiger partial charge in [0.25, 0.3) is 5.91 Å². The Bertz CT molecular complexity index is 904. The highest BCUT2D eigenvalue weighted by atomic mass is 16.2. The monoisotopic (exact) mass is 379 g/mol. The number of nitrogens with zero attached hydrogens (tertiary/aromatic N) is 1. The summed E-state index contributed by atoms with van der Waals surface area (Å²) in [5, 5.41) is 5.68. The first-order valence-corrected chi connectivity index (χ1v) is 9.54. The van der Waals surface area contributed by atoms with Crippen LogP contribution in [-0.2, 0) is 16.0 Å². The Labute approximate surface area is 164 Å². The number of hydrogen-bond donors (Lipinski definition) is 2. The minimum atomic E-state index is -0.206. The number of carbonyl (C=O) groups is 3. The van der Waals surface area contributed by atoms with E-state index in [0.717, 1.165) is 17.7 Å². The van der Waals surface area contributed by atoms with Crippen LogP contribution in [0.5, 0.6) is 0 Å². The van der Waals surface area contributed by atoms with E-state index < -0.39 is 0 Å². The summed E-state index contributed by atoms with van der Waals surface area (Å²) in [7, 11) is 0. The fourth-order valence-corrected chi connectivity index (χ4v) is 3.12. The van der Waals surface area contributed by atoms with Crippen molar-refractivity contribution in [3.63, 3.8) is 0 Å². The molecule has 0 atom stereocenters. The van der Waals surface area contributed by atoms with E-state index in [4.69, 9.17) is 0 Å². The van der Waals surface area contributed by atoms with E-state index in [1.807, 2.05) is 32.9 Å². The predicted octanol–water partition coefficient (Wildman–Crippen LogP) is 3.83. The minimum Gasteiger partial charge on any atom is -0.326 e. The molecule has 2 aromatic carbocycles. The predicted molar refractivity (Wildman–Crippen MR) is 111 cm³/mol. The standard InChI is InChI=1S/C22H25N3O3/c1-4-20(26)25-12-11-15-13-16(5-10-19(15)25)22(28)24-18-8-6-17(7-9-18)23-21(27)14(2)3/h5-10,13-14H,4,11-12H2,1-3H3,(H,23,27)(H,24,28). The first-order valence-electron chi connectivity index (χ1n) is 9.54. The van der Waals surface area contributed by atoms with Crippen LogP contribution in [-0.4, -0.2) is 24.3 Å². The molecule has 0 saturated heterocycles. The third-order valence-electron chi connectivity index (χ3n) is 4.78. The van der Waals surface area contributed by atoms with E-state index in [1.54, 1.807) is 35.2 Å². The van der Waals surface area contributed by atoms with Crippen LogP contribution < -0.4 is 15.5 Å². The van der Waals surface area contributed by atoms with Crippen molar-refractivity contribution < 1.29 is 14.4 Å².